The van der Waals surface area contributed by atoms with Crippen molar-refractivity contribution in [2.45, 2.75) is 38.6 Å². The van der Waals surface area contributed by atoms with Crippen molar-refractivity contribution in [3.63, 3.8) is 0 Å². The number of rotatable bonds is 7. The van der Waals surface area contributed by atoms with Crippen LogP contribution in [-0.4, -0.2) is 42.4 Å². The van der Waals surface area contributed by atoms with Crippen LogP contribution < -0.4 is 14.4 Å². The molecule has 1 amide bonds. The molecule has 3 aromatic rings. The van der Waals surface area contributed by atoms with Gasteiger partial charge >= 0.3 is 0 Å². The Morgan fingerprint density at radius 1 is 1.00 bits per heavy atom. The second kappa shape index (κ2) is 9.05. The Labute approximate surface area is 199 Å². The van der Waals surface area contributed by atoms with Crippen molar-refractivity contribution in [2.75, 3.05) is 31.3 Å². The molecule has 0 radical (unpaired) electrons. The molecule has 6 rings (SSSR count). The van der Waals surface area contributed by atoms with Crippen molar-refractivity contribution in [3.05, 3.63) is 59.7 Å². The van der Waals surface area contributed by atoms with Crippen molar-refractivity contribution in [1.29, 1.82) is 0 Å². The lowest BCUT2D eigenvalue weighted by Crippen LogP contribution is -2.34. The molecule has 3 aliphatic rings. The van der Waals surface area contributed by atoms with E-state index >= 15 is 0 Å². The fourth-order valence-electron chi connectivity index (χ4n) is 4.85. The van der Waals surface area contributed by atoms with E-state index in [0.29, 0.717) is 29.5 Å². The predicted molar refractivity (Wildman–Crippen MR) is 128 cm³/mol. The van der Waals surface area contributed by atoms with Gasteiger partial charge in [0.25, 0.3) is 5.91 Å². The van der Waals surface area contributed by atoms with Gasteiger partial charge in [-0.3, -0.25) is 4.79 Å². The summed E-state index contributed by atoms with van der Waals surface area (Å²) >= 11 is 0. The zero-order valence-corrected chi connectivity index (χ0v) is 19.2. The quantitative estimate of drug-likeness (QED) is 0.489. The van der Waals surface area contributed by atoms with Crippen LogP contribution in [0.3, 0.4) is 0 Å². The van der Waals surface area contributed by atoms with Crippen LogP contribution in [0.1, 0.15) is 48.0 Å². The van der Waals surface area contributed by atoms with Gasteiger partial charge in [0.15, 0.2) is 11.5 Å². The van der Waals surface area contributed by atoms with Crippen LogP contribution in [0.4, 0.5) is 5.88 Å². The van der Waals surface area contributed by atoms with E-state index in [1.165, 1.54) is 19.3 Å². The lowest BCUT2D eigenvalue weighted by Gasteiger charge is -2.28. The number of anilines is 1. The fraction of sp³-hybridized carbons (Fsp3) is 0.407. The number of carbonyl (C=O) groups excluding carboxylic acids is 1. The summed E-state index contributed by atoms with van der Waals surface area (Å²) in [5.74, 6) is 2.66. The standard InChI is InChI=1S/C27H29N3O4/c31-26(21-11-12-23-24(15-21)33-18-32-23)30(16-19-9-10-19)17-22-25(20-7-3-1-4-8-20)28-34-27(22)29-13-5-2-6-14-29/h1,3-4,7-8,11-12,15,19H,2,5-6,9-10,13-14,16-18H2. The van der Waals surface area contributed by atoms with Crippen molar-refractivity contribution >= 4 is 11.8 Å². The Balaban J connectivity index is 1.35. The number of fused-ring (bicyclic) bond motifs is 1. The smallest absolute Gasteiger partial charge is 0.254 e. The molecule has 7 nitrogen and oxygen atoms in total. The molecule has 1 saturated heterocycles. The van der Waals surface area contributed by atoms with Gasteiger partial charge in [-0.05, 0) is 56.2 Å². The first kappa shape index (κ1) is 21.1. The van der Waals surface area contributed by atoms with Gasteiger partial charge in [-0.25, -0.2) is 0 Å². The summed E-state index contributed by atoms with van der Waals surface area (Å²) in [7, 11) is 0. The lowest BCUT2D eigenvalue weighted by molar-refractivity contribution is 0.0734. The van der Waals surface area contributed by atoms with Crippen molar-refractivity contribution in [2.24, 2.45) is 5.92 Å². The predicted octanol–water partition coefficient (Wildman–Crippen LogP) is 5.11. The minimum absolute atomic E-state index is 0.00462. The summed E-state index contributed by atoms with van der Waals surface area (Å²) in [6.07, 6.45) is 5.85. The Kier molecular flexibility index (Phi) is 5.61. The van der Waals surface area contributed by atoms with Crippen molar-refractivity contribution in [1.82, 2.24) is 10.1 Å². The third kappa shape index (κ3) is 4.22. The van der Waals surface area contributed by atoms with E-state index in [9.17, 15) is 4.79 Å². The highest BCUT2D eigenvalue weighted by molar-refractivity contribution is 5.95. The topological polar surface area (TPSA) is 68.0 Å². The van der Waals surface area contributed by atoms with Crippen molar-refractivity contribution in [3.8, 4) is 22.8 Å². The molecular formula is C27H29N3O4. The number of hydrogen-bond donors (Lipinski definition) is 0. The molecule has 3 heterocycles. The summed E-state index contributed by atoms with van der Waals surface area (Å²) < 4.78 is 16.9. The maximum absolute atomic E-state index is 13.7. The molecule has 1 aromatic heterocycles. The average Bonchev–Trinajstić information content (AvgIpc) is 3.41. The van der Waals surface area contributed by atoms with Crippen LogP contribution in [0.5, 0.6) is 11.5 Å². The summed E-state index contributed by atoms with van der Waals surface area (Å²) in [5.41, 5.74) is 3.43. The average molecular weight is 460 g/mol. The van der Waals surface area contributed by atoms with Gasteiger partial charge in [-0.15, -0.1) is 0 Å². The molecule has 7 heteroatoms. The van der Waals surface area contributed by atoms with Gasteiger partial charge in [-0.2, -0.15) is 0 Å². The van der Waals surface area contributed by atoms with E-state index in [4.69, 9.17) is 14.0 Å². The fourth-order valence-corrected chi connectivity index (χ4v) is 4.85. The summed E-state index contributed by atoms with van der Waals surface area (Å²) in [4.78, 5) is 18.0. The molecule has 176 valence electrons. The van der Waals surface area contributed by atoms with Crippen LogP contribution in [0.2, 0.25) is 0 Å². The maximum atomic E-state index is 13.7. The molecule has 0 spiro atoms. The molecule has 0 atom stereocenters. The number of benzene rings is 2. The number of aromatic nitrogens is 1. The van der Waals surface area contributed by atoms with E-state index in [0.717, 1.165) is 55.2 Å². The van der Waals surface area contributed by atoms with E-state index in [2.05, 4.69) is 10.1 Å². The molecular weight excluding hydrogens is 430 g/mol. The van der Waals surface area contributed by atoms with Gasteiger partial charge < -0.3 is 23.8 Å². The molecule has 1 saturated carbocycles. The SMILES string of the molecule is O=C(c1ccc2c(c1)OCO2)N(Cc1c(-c2ccccc2)noc1N1CCCCC1)CC1CC1. The molecule has 34 heavy (non-hydrogen) atoms. The molecule has 0 unspecified atom stereocenters. The Hall–Kier alpha value is -3.48. The molecule has 2 aliphatic heterocycles. The van der Waals surface area contributed by atoms with Crippen LogP contribution in [-0.2, 0) is 6.54 Å². The highest BCUT2D eigenvalue weighted by Crippen LogP contribution is 2.37. The third-order valence-electron chi connectivity index (χ3n) is 6.89. The highest BCUT2D eigenvalue weighted by Gasteiger charge is 2.32. The Morgan fingerprint density at radius 2 is 1.79 bits per heavy atom. The number of amides is 1. The molecule has 2 fully saturated rings. The van der Waals surface area contributed by atoms with Gasteiger partial charge in [0.1, 0.15) is 5.69 Å². The summed E-state index contributed by atoms with van der Waals surface area (Å²) in [6, 6.07) is 15.5. The monoisotopic (exact) mass is 459 g/mol. The second-order valence-electron chi connectivity index (χ2n) is 9.43. The maximum Gasteiger partial charge on any atom is 0.254 e. The van der Waals surface area contributed by atoms with E-state index in [1.54, 1.807) is 6.07 Å². The van der Waals surface area contributed by atoms with E-state index in [-0.39, 0.29) is 12.7 Å². The van der Waals surface area contributed by atoms with Crippen LogP contribution in [0, 0.1) is 5.92 Å². The second-order valence-corrected chi connectivity index (χ2v) is 9.43. The largest absolute Gasteiger partial charge is 0.454 e. The molecule has 0 N–H and O–H groups in total. The van der Waals surface area contributed by atoms with Gasteiger partial charge in [0.2, 0.25) is 12.7 Å². The zero-order chi connectivity index (χ0) is 22.9. The number of hydrogen-bond acceptors (Lipinski definition) is 6. The Morgan fingerprint density at radius 3 is 2.59 bits per heavy atom. The number of piperidine rings is 1. The molecule has 1 aliphatic carbocycles. The number of carbonyl (C=O) groups is 1. The van der Waals surface area contributed by atoms with Gasteiger partial charge in [0, 0.05) is 30.8 Å². The first-order valence-corrected chi connectivity index (χ1v) is 12.2. The molecule has 2 aromatic carbocycles. The number of nitrogens with zero attached hydrogens (tertiary/aromatic N) is 3. The minimum atomic E-state index is -0.00462. The zero-order valence-electron chi connectivity index (χ0n) is 19.2. The normalized spacial score (nSPS) is 17.1. The highest BCUT2D eigenvalue weighted by atomic mass is 16.7. The molecule has 0 bridgehead atoms. The van der Waals surface area contributed by atoms with E-state index in [1.807, 2.05) is 47.4 Å². The first-order valence-electron chi connectivity index (χ1n) is 12.2. The van der Waals surface area contributed by atoms with Crippen LogP contribution in [0.15, 0.2) is 53.1 Å². The lowest BCUT2D eigenvalue weighted by atomic mass is 10.0. The van der Waals surface area contributed by atoms with Gasteiger partial charge in [0.05, 0.1) is 12.1 Å². The summed E-state index contributed by atoms with van der Waals surface area (Å²) in [5, 5.41) is 4.50. The summed E-state index contributed by atoms with van der Waals surface area (Å²) in [6.45, 7) is 3.29. The first-order chi connectivity index (χ1) is 16.8. The van der Waals surface area contributed by atoms with Crippen LogP contribution >= 0.6 is 0 Å². The minimum Gasteiger partial charge on any atom is -0.454 e. The van der Waals surface area contributed by atoms with E-state index < -0.39 is 0 Å². The van der Waals surface area contributed by atoms with Gasteiger partial charge in [-0.1, -0.05) is 35.5 Å². The Bertz CT molecular complexity index is 1170. The third-order valence-corrected chi connectivity index (χ3v) is 6.89. The van der Waals surface area contributed by atoms with Crippen molar-refractivity contribution < 1.29 is 18.8 Å². The van der Waals surface area contributed by atoms with Crippen LogP contribution in [0.25, 0.3) is 11.3 Å². The number of ether oxygens (including phenoxy) is 2.